The van der Waals surface area contributed by atoms with Gasteiger partial charge in [-0.2, -0.15) is 0 Å². The first kappa shape index (κ1) is 13.8. The number of nitrogens with one attached hydrogen (secondary N) is 1. The topological polar surface area (TPSA) is 67.1 Å². The van der Waals surface area contributed by atoms with Crippen LogP contribution in [0.25, 0.3) is 11.4 Å². The number of rotatable bonds is 3. The zero-order chi connectivity index (χ0) is 14.5. The number of hydrogen-bond acceptors (Lipinski definition) is 5. The molecule has 0 amide bonds. The van der Waals surface area contributed by atoms with E-state index >= 15 is 0 Å². The molecule has 0 atom stereocenters. The lowest BCUT2D eigenvalue weighted by molar-refractivity contribution is 0.726. The van der Waals surface area contributed by atoms with Crippen LogP contribution in [-0.2, 0) is 0 Å². The maximum atomic E-state index is 5.57. The lowest BCUT2D eigenvalue weighted by atomic mass is 10.2. The van der Waals surface area contributed by atoms with Crippen molar-refractivity contribution in [1.29, 1.82) is 0 Å². The minimum atomic E-state index is 0.656. The number of anilines is 2. The Bertz CT molecular complexity index is 576. The molecule has 0 saturated carbocycles. The van der Waals surface area contributed by atoms with Gasteiger partial charge in [-0.15, -0.1) is 0 Å². The van der Waals surface area contributed by atoms with Gasteiger partial charge in [0.05, 0.1) is 0 Å². The summed E-state index contributed by atoms with van der Waals surface area (Å²) < 4.78 is 0. The first-order valence-corrected chi connectivity index (χ1v) is 7.53. The summed E-state index contributed by atoms with van der Waals surface area (Å²) in [5.41, 5.74) is 3.66. The van der Waals surface area contributed by atoms with E-state index in [1.807, 2.05) is 36.4 Å². The molecule has 0 unspecified atom stereocenters. The van der Waals surface area contributed by atoms with Crippen molar-refractivity contribution in [2.24, 2.45) is 5.84 Å². The quantitative estimate of drug-likeness (QED) is 0.669. The smallest absolute Gasteiger partial charge is 0.163 e. The van der Waals surface area contributed by atoms with E-state index in [9.17, 15) is 0 Å². The van der Waals surface area contributed by atoms with Crippen LogP contribution in [0.4, 0.5) is 11.6 Å². The standard InChI is InChI=1S/C16H21N5/c17-20-14-12-15(21-10-6-1-2-7-11-21)19-16(18-14)13-8-4-3-5-9-13/h3-5,8-9,12H,1-2,6-7,10-11,17H2,(H,18,19,20). The van der Waals surface area contributed by atoms with Crippen LogP contribution < -0.4 is 16.2 Å². The van der Waals surface area contributed by atoms with Gasteiger partial charge in [0.1, 0.15) is 11.6 Å². The molecule has 2 heterocycles. The van der Waals surface area contributed by atoms with Crippen LogP contribution in [-0.4, -0.2) is 23.1 Å². The van der Waals surface area contributed by atoms with Crippen LogP contribution in [0.3, 0.4) is 0 Å². The summed E-state index contributed by atoms with van der Waals surface area (Å²) in [5, 5.41) is 0. The molecular formula is C16H21N5. The molecule has 0 bridgehead atoms. The molecule has 110 valence electrons. The summed E-state index contributed by atoms with van der Waals surface area (Å²) in [4.78, 5) is 11.5. The second kappa shape index (κ2) is 6.54. The van der Waals surface area contributed by atoms with Crippen molar-refractivity contribution in [3.05, 3.63) is 36.4 Å². The molecule has 0 radical (unpaired) electrons. The van der Waals surface area contributed by atoms with E-state index in [0.717, 1.165) is 24.5 Å². The Morgan fingerprint density at radius 2 is 1.67 bits per heavy atom. The Hall–Kier alpha value is -2.14. The predicted octanol–water partition coefficient (Wildman–Crippen LogP) is 2.81. The molecule has 3 N–H and O–H groups in total. The number of nitrogen functional groups attached to an aromatic ring is 1. The van der Waals surface area contributed by atoms with Crippen molar-refractivity contribution >= 4 is 11.6 Å². The molecule has 1 aliphatic rings. The monoisotopic (exact) mass is 283 g/mol. The lowest BCUT2D eigenvalue weighted by Gasteiger charge is -2.22. The molecule has 1 aromatic heterocycles. The Kier molecular flexibility index (Phi) is 4.31. The average molecular weight is 283 g/mol. The van der Waals surface area contributed by atoms with Crippen LogP contribution in [0.5, 0.6) is 0 Å². The van der Waals surface area contributed by atoms with Crippen LogP contribution in [0.1, 0.15) is 25.7 Å². The fraction of sp³-hybridized carbons (Fsp3) is 0.375. The molecule has 1 aliphatic heterocycles. The van der Waals surface area contributed by atoms with Crippen LogP contribution in [0.15, 0.2) is 36.4 Å². The van der Waals surface area contributed by atoms with E-state index in [1.54, 1.807) is 0 Å². The van der Waals surface area contributed by atoms with Crippen LogP contribution >= 0.6 is 0 Å². The van der Waals surface area contributed by atoms with Gasteiger partial charge in [0.25, 0.3) is 0 Å². The van der Waals surface area contributed by atoms with Crippen molar-refractivity contribution in [2.75, 3.05) is 23.4 Å². The average Bonchev–Trinajstić information content (AvgIpc) is 2.84. The Morgan fingerprint density at radius 1 is 0.952 bits per heavy atom. The summed E-state index contributed by atoms with van der Waals surface area (Å²) in [7, 11) is 0. The number of benzene rings is 1. The van der Waals surface area contributed by atoms with Gasteiger partial charge in [-0.3, -0.25) is 0 Å². The van der Waals surface area contributed by atoms with Crippen molar-refractivity contribution in [3.63, 3.8) is 0 Å². The summed E-state index contributed by atoms with van der Waals surface area (Å²) in [5.74, 6) is 7.89. The highest BCUT2D eigenvalue weighted by atomic mass is 15.3. The predicted molar refractivity (Wildman–Crippen MR) is 86.0 cm³/mol. The Labute approximate surface area is 125 Å². The van der Waals surface area contributed by atoms with Gasteiger partial charge in [-0.05, 0) is 12.8 Å². The minimum absolute atomic E-state index is 0.656. The third kappa shape index (κ3) is 3.31. The number of nitrogens with zero attached hydrogens (tertiary/aromatic N) is 3. The largest absolute Gasteiger partial charge is 0.356 e. The number of aromatic nitrogens is 2. The summed E-state index contributed by atoms with van der Waals surface area (Å²) in [6, 6.07) is 11.9. The summed E-state index contributed by atoms with van der Waals surface area (Å²) in [6.07, 6.45) is 5.04. The first-order valence-electron chi connectivity index (χ1n) is 7.53. The number of nitrogens with two attached hydrogens (primary N) is 1. The number of hydrogen-bond donors (Lipinski definition) is 2. The fourth-order valence-corrected chi connectivity index (χ4v) is 2.69. The van der Waals surface area contributed by atoms with Crippen molar-refractivity contribution in [1.82, 2.24) is 9.97 Å². The molecule has 1 aromatic carbocycles. The highest BCUT2D eigenvalue weighted by molar-refractivity contribution is 5.61. The van der Waals surface area contributed by atoms with Crippen LogP contribution in [0, 0.1) is 0 Å². The van der Waals surface area contributed by atoms with Gasteiger partial charge in [0.2, 0.25) is 0 Å². The maximum absolute atomic E-state index is 5.57. The molecule has 3 rings (SSSR count). The van der Waals surface area contributed by atoms with Gasteiger partial charge >= 0.3 is 0 Å². The first-order chi connectivity index (χ1) is 10.4. The van der Waals surface area contributed by atoms with Crippen LogP contribution in [0.2, 0.25) is 0 Å². The summed E-state index contributed by atoms with van der Waals surface area (Å²) >= 11 is 0. The number of hydrazine groups is 1. The lowest BCUT2D eigenvalue weighted by Crippen LogP contribution is -2.25. The molecule has 21 heavy (non-hydrogen) atoms. The van der Waals surface area contributed by atoms with E-state index in [4.69, 9.17) is 10.8 Å². The van der Waals surface area contributed by atoms with Gasteiger partial charge in [-0.25, -0.2) is 15.8 Å². The van der Waals surface area contributed by atoms with E-state index < -0.39 is 0 Å². The Balaban J connectivity index is 1.96. The maximum Gasteiger partial charge on any atom is 0.163 e. The molecule has 2 aromatic rings. The van der Waals surface area contributed by atoms with Gasteiger partial charge in [0.15, 0.2) is 5.82 Å². The zero-order valence-corrected chi connectivity index (χ0v) is 12.1. The molecular weight excluding hydrogens is 262 g/mol. The highest BCUT2D eigenvalue weighted by Gasteiger charge is 2.14. The SMILES string of the molecule is NNc1cc(N2CCCCCC2)nc(-c2ccccc2)n1. The molecule has 0 aliphatic carbocycles. The molecule has 5 nitrogen and oxygen atoms in total. The van der Waals surface area contributed by atoms with E-state index in [2.05, 4.69) is 15.3 Å². The minimum Gasteiger partial charge on any atom is -0.356 e. The van der Waals surface area contributed by atoms with Crippen molar-refractivity contribution in [2.45, 2.75) is 25.7 Å². The van der Waals surface area contributed by atoms with Crippen molar-refractivity contribution < 1.29 is 0 Å². The van der Waals surface area contributed by atoms with Gasteiger partial charge in [-0.1, -0.05) is 43.2 Å². The summed E-state index contributed by atoms with van der Waals surface area (Å²) in [6.45, 7) is 2.10. The molecule has 1 fully saturated rings. The van der Waals surface area contributed by atoms with Gasteiger partial charge < -0.3 is 10.3 Å². The highest BCUT2D eigenvalue weighted by Crippen LogP contribution is 2.24. The molecule has 5 heteroatoms. The normalized spacial score (nSPS) is 15.6. The fourth-order valence-electron chi connectivity index (χ4n) is 2.69. The van der Waals surface area contributed by atoms with E-state index in [0.29, 0.717) is 11.6 Å². The van der Waals surface area contributed by atoms with Crippen molar-refractivity contribution in [3.8, 4) is 11.4 Å². The molecule has 1 saturated heterocycles. The van der Waals surface area contributed by atoms with E-state index in [1.165, 1.54) is 25.7 Å². The van der Waals surface area contributed by atoms with Gasteiger partial charge in [0, 0.05) is 24.7 Å². The zero-order valence-electron chi connectivity index (χ0n) is 12.1. The molecule has 0 spiro atoms. The third-order valence-electron chi connectivity index (χ3n) is 3.82. The third-order valence-corrected chi connectivity index (χ3v) is 3.82. The van der Waals surface area contributed by atoms with E-state index in [-0.39, 0.29) is 0 Å². The Morgan fingerprint density at radius 3 is 2.33 bits per heavy atom. The second-order valence-corrected chi connectivity index (χ2v) is 5.35. The second-order valence-electron chi connectivity index (χ2n) is 5.35.